The highest BCUT2D eigenvalue weighted by molar-refractivity contribution is 5.92. The Hall–Kier alpha value is -4.08. The number of anilines is 3. The van der Waals surface area contributed by atoms with Crippen molar-refractivity contribution >= 4 is 28.7 Å². The van der Waals surface area contributed by atoms with E-state index in [9.17, 15) is 4.79 Å². The van der Waals surface area contributed by atoms with Gasteiger partial charge in [0.15, 0.2) is 0 Å². The maximum absolute atomic E-state index is 12.6. The van der Waals surface area contributed by atoms with Crippen LogP contribution in [-0.4, -0.2) is 46.8 Å². The number of nitrogens with zero attached hydrogens (tertiary/aromatic N) is 3. The summed E-state index contributed by atoms with van der Waals surface area (Å²) in [6.07, 6.45) is 8.05. The molecule has 0 unspecified atom stereocenters. The molecule has 9 heteroatoms. The predicted molar refractivity (Wildman–Crippen MR) is 154 cm³/mol. The molecule has 1 aliphatic heterocycles. The van der Waals surface area contributed by atoms with E-state index in [2.05, 4.69) is 20.6 Å². The van der Waals surface area contributed by atoms with Crippen LogP contribution in [0.1, 0.15) is 36.8 Å². The molecule has 5 rings (SSSR count). The summed E-state index contributed by atoms with van der Waals surface area (Å²) in [5.41, 5.74) is 11.0. The van der Waals surface area contributed by atoms with Crippen molar-refractivity contribution in [1.29, 1.82) is 0 Å². The molecule has 0 spiro atoms. The van der Waals surface area contributed by atoms with Crippen LogP contribution >= 0.6 is 0 Å². The molecular weight excluding hydrogens is 492 g/mol. The Balaban J connectivity index is 1.27. The molecule has 39 heavy (non-hydrogen) atoms. The number of hydrogen-bond acceptors (Lipinski definition) is 7. The zero-order valence-corrected chi connectivity index (χ0v) is 22.4. The van der Waals surface area contributed by atoms with Crippen LogP contribution in [0.2, 0.25) is 0 Å². The number of nitrogens with one attached hydrogen (secondary N) is 2. The van der Waals surface area contributed by atoms with Gasteiger partial charge in [0.2, 0.25) is 0 Å². The molecule has 4 aromatic rings. The topological polar surface area (TPSA) is 106 Å². The maximum Gasteiger partial charge on any atom is 0.411 e. The molecule has 0 aliphatic carbocycles. The number of fused-ring (bicyclic) bond motifs is 1. The molecule has 3 heterocycles. The molecule has 0 bridgehead atoms. The van der Waals surface area contributed by atoms with Gasteiger partial charge in [0.25, 0.3) is 0 Å². The average Bonchev–Trinajstić information content (AvgIpc) is 3.09. The summed E-state index contributed by atoms with van der Waals surface area (Å²) in [6.45, 7) is 5.53. The Kier molecular flexibility index (Phi) is 8.60. The van der Waals surface area contributed by atoms with Crippen LogP contribution in [0.3, 0.4) is 0 Å². The van der Waals surface area contributed by atoms with Gasteiger partial charge in [0, 0.05) is 29.9 Å². The number of carbonyl (C=O) groups is 1. The second kappa shape index (κ2) is 12.6. The fourth-order valence-electron chi connectivity index (χ4n) is 4.89. The van der Waals surface area contributed by atoms with Crippen molar-refractivity contribution in [2.75, 3.05) is 36.9 Å². The smallest absolute Gasteiger partial charge is 0.411 e. The van der Waals surface area contributed by atoms with Crippen molar-refractivity contribution in [3.8, 4) is 11.5 Å². The molecule has 204 valence electrons. The quantitative estimate of drug-likeness (QED) is 0.242. The van der Waals surface area contributed by atoms with E-state index in [0.717, 1.165) is 59.2 Å². The number of para-hydroxylation sites is 1. The molecule has 1 aliphatic rings. The molecule has 0 saturated carbocycles. The SMILES string of the molecule is Cc1c(NC(=O)OCCN2CCCCCC2)cn2ncc(CN)c(Nc3ccc(Oc4ccccc4)cc3)c12. The number of carbonyl (C=O) groups excluding carboxylic acids is 1. The normalized spacial score (nSPS) is 14.1. The van der Waals surface area contributed by atoms with E-state index in [1.165, 1.54) is 25.7 Å². The van der Waals surface area contributed by atoms with Crippen molar-refractivity contribution in [2.24, 2.45) is 5.73 Å². The molecule has 0 atom stereocenters. The minimum atomic E-state index is -0.466. The molecule has 2 aromatic heterocycles. The summed E-state index contributed by atoms with van der Waals surface area (Å²) >= 11 is 0. The van der Waals surface area contributed by atoms with Crippen molar-refractivity contribution < 1.29 is 14.3 Å². The van der Waals surface area contributed by atoms with Crippen molar-refractivity contribution in [2.45, 2.75) is 39.2 Å². The number of hydrogen-bond donors (Lipinski definition) is 3. The van der Waals surface area contributed by atoms with Gasteiger partial charge in [-0.15, -0.1) is 0 Å². The second-order valence-corrected chi connectivity index (χ2v) is 9.79. The van der Waals surface area contributed by atoms with Crippen LogP contribution in [0.25, 0.3) is 5.52 Å². The maximum atomic E-state index is 12.6. The highest BCUT2D eigenvalue weighted by Crippen LogP contribution is 2.33. The van der Waals surface area contributed by atoms with Crippen molar-refractivity contribution in [1.82, 2.24) is 14.5 Å². The lowest BCUT2D eigenvalue weighted by molar-refractivity contribution is 0.140. The first-order chi connectivity index (χ1) is 19.1. The minimum absolute atomic E-state index is 0.312. The number of aromatic nitrogens is 2. The van der Waals surface area contributed by atoms with E-state index < -0.39 is 6.09 Å². The van der Waals surface area contributed by atoms with Crippen LogP contribution in [0, 0.1) is 6.92 Å². The number of ether oxygens (including phenoxy) is 2. The van der Waals surface area contributed by atoms with Gasteiger partial charge in [-0.2, -0.15) is 5.10 Å². The molecule has 0 radical (unpaired) electrons. The molecule has 2 aromatic carbocycles. The Labute approximate surface area is 228 Å². The summed E-state index contributed by atoms with van der Waals surface area (Å²) in [7, 11) is 0. The third-order valence-electron chi connectivity index (χ3n) is 7.03. The molecule has 1 amide bonds. The van der Waals surface area contributed by atoms with Gasteiger partial charge in [-0.05, 0) is 69.3 Å². The van der Waals surface area contributed by atoms with Crippen molar-refractivity contribution in [3.63, 3.8) is 0 Å². The Morgan fingerprint density at radius 1 is 1.00 bits per heavy atom. The Bertz CT molecular complexity index is 1380. The summed E-state index contributed by atoms with van der Waals surface area (Å²) < 4.78 is 13.2. The summed E-state index contributed by atoms with van der Waals surface area (Å²) in [5.74, 6) is 1.52. The van der Waals surface area contributed by atoms with Gasteiger partial charge in [-0.1, -0.05) is 31.0 Å². The molecule has 1 saturated heterocycles. The zero-order valence-electron chi connectivity index (χ0n) is 22.4. The van der Waals surface area contributed by atoms with Gasteiger partial charge in [-0.25, -0.2) is 9.31 Å². The molecular formula is C30H36N6O3. The standard InChI is InChI=1S/C30H36N6O3/c1-22-27(34-30(37)38-18-17-35-15-7-2-3-8-16-35)21-36-29(22)28(23(19-31)20-32-36)33-24-11-13-26(14-12-24)39-25-9-5-4-6-10-25/h4-6,9-14,20-21,33H,2-3,7-8,15-19,31H2,1H3,(H,34,37). The zero-order chi connectivity index (χ0) is 27.0. The van der Waals surface area contributed by atoms with E-state index >= 15 is 0 Å². The van der Waals surface area contributed by atoms with Gasteiger partial charge < -0.3 is 20.5 Å². The summed E-state index contributed by atoms with van der Waals surface area (Å²) in [6, 6.07) is 17.4. The summed E-state index contributed by atoms with van der Waals surface area (Å²) in [4.78, 5) is 15.0. The third kappa shape index (κ3) is 6.68. The summed E-state index contributed by atoms with van der Waals surface area (Å²) in [5, 5.41) is 10.9. The minimum Gasteiger partial charge on any atom is -0.457 e. The average molecular weight is 529 g/mol. The number of benzene rings is 2. The number of amides is 1. The van der Waals surface area contributed by atoms with Crippen molar-refractivity contribution in [3.05, 3.63) is 78.1 Å². The number of nitrogens with two attached hydrogens (primary N) is 1. The monoisotopic (exact) mass is 528 g/mol. The van der Waals surface area contributed by atoms with Crippen LogP contribution in [0.15, 0.2) is 67.0 Å². The van der Waals surface area contributed by atoms with E-state index in [1.807, 2.05) is 61.5 Å². The highest BCUT2D eigenvalue weighted by atomic mass is 16.5. The lowest BCUT2D eigenvalue weighted by Crippen LogP contribution is -2.30. The largest absolute Gasteiger partial charge is 0.457 e. The van der Waals surface area contributed by atoms with Gasteiger partial charge in [0.1, 0.15) is 18.1 Å². The van der Waals surface area contributed by atoms with E-state index in [1.54, 1.807) is 16.9 Å². The van der Waals surface area contributed by atoms with E-state index in [0.29, 0.717) is 18.8 Å². The first kappa shape index (κ1) is 26.5. The second-order valence-electron chi connectivity index (χ2n) is 9.79. The predicted octanol–water partition coefficient (Wildman–Crippen LogP) is 6.06. The lowest BCUT2D eigenvalue weighted by atomic mass is 10.1. The van der Waals surface area contributed by atoms with Gasteiger partial charge >= 0.3 is 6.09 Å². The van der Waals surface area contributed by atoms with Crippen LogP contribution in [-0.2, 0) is 11.3 Å². The van der Waals surface area contributed by atoms with Crippen LogP contribution < -0.4 is 21.1 Å². The molecule has 1 fully saturated rings. The van der Waals surface area contributed by atoms with Crippen LogP contribution in [0.4, 0.5) is 21.9 Å². The molecule has 9 nitrogen and oxygen atoms in total. The lowest BCUT2D eigenvalue weighted by Gasteiger charge is -2.19. The Morgan fingerprint density at radius 2 is 1.72 bits per heavy atom. The number of aryl methyl sites for hydroxylation is 1. The first-order valence-corrected chi connectivity index (χ1v) is 13.6. The number of likely N-dealkylation sites (tertiary alicyclic amines) is 1. The van der Waals surface area contributed by atoms with E-state index in [-0.39, 0.29) is 0 Å². The third-order valence-corrected chi connectivity index (χ3v) is 7.03. The van der Waals surface area contributed by atoms with Crippen LogP contribution in [0.5, 0.6) is 11.5 Å². The first-order valence-electron chi connectivity index (χ1n) is 13.6. The molecule has 4 N–H and O–H groups in total. The van der Waals surface area contributed by atoms with Gasteiger partial charge in [0.05, 0.1) is 29.3 Å². The fraction of sp³-hybridized carbons (Fsp3) is 0.333. The number of rotatable bonds is 9. The van der Waals surface area contributed by atoms with Gasteiger partial charge in [-0.3, -0.25) is 10.2 Å². The van der Waals surface area contributed by atoms with E-state index in [4.69, 9.17) is 15.2 Å². The highest BCUT2D eigenvalue weighted by Gasteiger charge is 2.18. The Morgan fingerprint density at radius 3 is 2.44 bits per heavy atom. The fourth-order valence-corrected chi connectivity index (χ4v) is 4.89.